The Morgan fingerprint density at radius 1 is 1.00 bits per heavy atom. The lowest BCUT2D eigenvalue weighted by Gasteiger charge is -2.12. The summed E-state index contributed by atoms with van der Waals surface area (Å²) in [5, 5.41) is 14.3. The Morgan fingerprint density at radius 3 is 2.40 bits per heavy atom. The number of amides is 2. The molecule has 0 aliphatic carbocycles. The Bertz CT molecular complexity index is 1220. The van der Waals surface area contributed by atoms with Gasteiger partial charge in [-0.15, -0.1) is 0 Å². The molecule has 1 heterocycles. The molecule has 0 bridgehead atoms. The maximum absolute atomic E-state index is 13.9. The second kappa shape index (κ2) is 12.1. The fraction of sp³-hybridized carbons (Fsp3) is 0.167. The first-order valence-electron chi connectivity index (χ1n) is 10.4. The summed E-state index contributed by atoms with van der Waals surface area (Å²) < 4.78 is 24.5. The van der Waals surface area contributed by atoms with Gasteiger partial charge in [-0.1, -0.05) is 18.2 Å². The van der Waals surface area contributed by atoms with Crippen molar-refractivity contribution in [2.24, 2.45) is 0 Å². The number of ether oxygens (including phenoxy) is 2. The summed E-state index contributed by atoms with van der Waals surface area (Å²) in [6.07, 6.45) is 4.12. The third-order valence-electron chi connectivity index (χ3n) is 4.81. The molecule has 11 heteroatoms. The molecule has 3 aromatic rings. The minimum Gasteiger partial charge on any atom is -0.493 e. The highest BCUT2D eigenvalue weighted by atomic mass is 19.1. The van der Waals surface area contributed by atoms with E-state index >= 15 is 0 Å². The number of hydrogen-bond donors (Lipinski definition) is 4. The zero-order valence-corrected chi connectivity index (χ0v) is 19.0. The molecule has 4 N–H and O–H groups in total. The molecule has 0 aliphatic rings. The Kier molecular flexibility index (Phi) is 8.68. The molecule has 2 amide bonds. The van der Waals surface area contributed by atoms with E-state index in [2.05, 4.69) is 20.6 Å². The van der Waals surface area contributed by atoms with Crippen LogP contribution >= 0.6 is 0 Å². The summed E-state index contributed by atoms with van der Waals surface area (Å²) in [5.74, 6) is -0.338. The van der Waals surface area contributed by atoms with Gasteiger partial charge in [0.15, 0.2) is 11.5 Å². The van der Waals surface area contributed by atoms with Crippen molar-refractivity contribution in [3.8, 4) is 11.5 Å². The number of anilines is 1. The van der Waals surface area contributed by atoms with Gasteiger partial charge in [-0.3, -0.25) is 14.8 Å². The number of rotatable bonds is 10. The van der Waals surface area contributed by atoms with Crippen LogP contribution in [0.4, 0.5) is 10.3 Å². The number of aromatic nitrogens is 2. The maximum Gasteiger partial charge on any atom is 0.277 e. The SMILES string of the molecule is COc1ccc(/C=C(/C(=O)NCCNc2ncc(C(=O)NO)cn2)c2cccc(F)c2)cc1OC. The molecule has 0 atom stereocenters. The summed E-state index contributed by atoms with van der Waals surface area (Å²) in [6.45, 7) is 0.490. The van der Waals surface area contributed by atoms with E-state index in [1.165, 1.54) is 50.3 Å². The van der Waals surface area contributed by atoms with Gasteiger partial charge in [0.05, 0.1) is 19.8 Å². The van der Waals surface area contributed by atoms with E-state index in [0.717, 1.165) is 0 Å². The monoisotopic (exact) mass is 481 g/mol. The van der Waals surface area contributed by atoms with Gasteiger partial charge in [0.2, 0.25) is 5.95 Å². The minimum absolute atomic E-state index is 0.0892. The number of nitrogens with zero attached hydrogens (tertiary/aromatic N) is 2. The van der Waals surface area contributed by atoms with Crippen LogP contribution in [0.15, 0.2) is 54.9 Å². The van der Waals surface area contributed by atoms with Crippen molar-refractivity contribution < 1.29 is 28.7 Å². The van der Waals surface area contributed by atoms with E-state index in [1.54, 1.807) is 30.3 Å². The Hall–Kier alpha value is -4.51. The topological polar surface area (TPSA) is 135 Å². The van der Waals surface area contributed by atoms with Gasteiger partial charge in [0.1, 0.15) is 5.82 Å². The predicted octanol–water partition coefficient (Wildman–Crippen LogP) is 2.52. The lowest BCUT2D eigenvalue weighted by Crippen LogP contribution is -2.29. The van der Waals surface area contributed by atoms with E-state index in [4.69, 9.17) is 14.7 Å². The van der Waals surface area contributed by atoms with Crippen LogP contribution in [0.3, 0.4) is 0 Å². The Morgan fingerprint density at radius 2 is 1.74 bits per heavy atom. The van der Waals surface area contributed by atoms with Crippen LogP contribution in [0.25, 0.3) is 11.6 Å². The zero-order valence-electron chi connectivity index (χ0n) is 19.0. The highest BCUT2D eigenvalue weighted by molar-refractivity contribution is 6.24. The third kappa shape index (κ3) is 6.74. The molecule has 0 saturated heterocycles. The van der Waals surface area contributed by atoms with Crippen molar-refractivity contribution in [1.82, 2.24) is 20.8 Å². The van der Waals surface area contributed by atoms with Gasteiger partial charge in [0.25, 0.3) is 11.8 Å². The lowest BCUT2D eigenvalue weighted by molar-refractivity contribution is -0.115. The van der Waals surface area contributed by atoms with Crippen molar-refractivity contribution in [2.45, 2.75) is 0 Å². The van der Waals surface area contributed by atoms with Crippen molar-refractivity contribution >= 4 is 29.4 Å². The zero-order chi connectivity index (χ0) is 25.2. The number of halogens is 1. The van der Waals surface area contributed by atoms with Crippen molar-refractivity contribution in [3.63, 3.8) is 0 Å². The van der Waals surface area contributed by atoms with Gasteiger partial charge in [0, 0.05) is 31.1 Å². The normalized spacial score (nSPS) is 10.9. The second-order valence-electron chi connectivity index (χ2n) is 7.10. The van der Waals surface area contributed by atoms with Crippen LogP contribution in [-0.4, -0.2) is 54.3 Å². The summed E-state index contributed by atoms with van der Waals surface area (Å²) in [7, 11) is 3.04. The van der Waals surface area contributed by atoms with Crippen molar-refractivity contribution in [1.29, 1.82) is 0 Å². The number of methoxy groups -OCH3 is 2. The van der Waals surface area contributed by atoms with Gasteiger partial charge in [-0.2, -0.15) is 0 Å². The summed E-state index contributed by atoms with van der Waals surface area (Å²) in [5.41, 5.74) is 2.91. The van der Waals surface area contributed by atoms with E-state index in [-0.39, 0.29) is 30.2 Å². The lowest BCUT2D eigenvalue weighted by atomic mass is 10.0. The molecular weight excluding hydrogens is 457 g/mol. The molecule has 0 unspecified atom stereocenters. The summed E-state index contributed by atoms with van der Waals surface area (Å²) in [6, 6.07) is 10.9. The first kappa shape index (κ1) is 25.1. The first-order valence-corrected chi connectivity index (χ1v) is 10.4. The number of nitrogens with one attached hydrogen (secondary N) is 3. The minimum atomic E-state index is -0.727. The molecule has 0 saturated carbocycles. The van der Waals surface area contributed by atoms with Crippen LogP contribution < -0.4 is 25.6 Å². The van der Waals surface area contributed by atoms with E-state index < -0.39 is 17.6 Å². The average Bonchev–Trinajstić information content (AvgIpc) is 2.89. The van der Waals surface area contributed by atoms with Gasteiger partial charge in [-0.05, 0) is 41.5 Å². The third-order valence-corrected chi connectivity index (χ3v) is 4.81. The molecular formula is C24H24FN5O5. The van der Waals surface area contributed by atoms with Gasteiger partial charge >= 0.3 is 0 Å². The number of benzene rings is 2. The van der Waals surface area contributed by atoms with Crippen LogP contribution in [0, 0.1) is 5.82 Å². The maximum atomic E-state index is 13.9. The molecule has 3 rings (SSSR count). The molecule has 35 heavy (non-hydrogen) atoms. The van der Waals surface area contributed by atoms with Crippen LogP contribution in [0.1, 0.15) is 21.5 Å². The molecule has 2 aromatic carbocycles. The smallest absolute Gasteiger partial charge is 0.277 e. The molecule has 182 valence electrons. The van der Waals surface area contributed by atoms with Crippen LogP contribution in [0.5, 0.6) is 11.5 Å². The van der Waals surface area contributed by atoms with Crippen LogP contribution in [0.2, 0.25) is 0 Å². The number of hydrogen-bond acceptors (Lipinski definition) is 8. The van der Waals surface area contributed by atoms with Crippen molar-refractivity contribution in [2.75, 3.05) is 32.6 Å². The van der Waals surface area contributed by atoms with Crippen LogP contribution in [-0.2, 0) is 4.79 Å². The van der Waals surface area contributed by atoms with Gasteiger partial charge in [-0.25, -0.2) is 19.8 Å². The van der Waals surface area contributed by atoms with Gasteiger partial charge < -0.3 is 20.1 Å². The highest BCUT2D eigenvalue weighted by Crippen LogP contribution is 2.29. The molecule has 10 nitrogen and oxygen atoms in total. The fourth-order valence-electron chi connectivity index (χ4n) is 3.09. The number of hydroxylamine groups is 1. The van der Waals surface area contributed by atoms with E-state index in [1.807, 2.05) is 0 Å². The fourth-order valence-corrected chi connectivity index (χ4v) is 3.09. The number of carbonyl (C=O) groups is 2. The molecule has 0 fully saturated rings. The van der Waals surface area contributed by atoms with E-state index in [9.17, 15) is 14.0 Å². The second-order valence-corrected chi connectivity index (χ2v) is 7.10. The molecule has 0 spiro atoms. The van der Waals surface area contributed by atoms with E-state index in [0.29, 0.717) is 22.6 Å². The Balaban J connectivity index is 1.72. The highest BCUT2D eigenvalue weighted by Gasteiger charge is 2.14. The summed E-state index contributed by atoms with van der Waals surface area (Å²) >= 11 is 0. The first-order chi connectivity index (χ1) is 16.9. The number of carbonyl (C=O) groups excluding carboxylic acids is 2. The van der Waals surface area contributed by atoms with Crippen molar-refractivity contribution in [3.05, 3.63) is 77.4 Å². The predicted molar refractivity (Wildman–Crippen MR) is 127 cm³/mol. The summed E-state index contributed by atoms with van der Waals surface area (Å²) in [4.78, 5) is 32.2. The standard InChI is InChI=1S/C24H24FN5O5/c1-34-20-7-6-15(11-21(20)35-2)10-19(16-4-3-5-18(25)12-16)23(32)26-8-9-27-24-28-13-17(14-29-24)22(31)30-33/h3-7,10-14,33H,8-9H2,1-2H3,(H,26,32)(H,30,31)(H,27,28,29)/b19-10+. The average molecular weight is 481 g/mol. The molecule has 1 aromatic heterocycles. The molecule has 0 aliphatic heterocycles. The largest absolute Gasteiger partial charge is 0.493 e. The quantitative estimate of drug-likeness (QED) is 0.114. The molecule has 0 radical (unpaired) electrons. The Labute approximate surface area is 200 Å².